The summed E-state index contributed by atoms with van der Waals surface area (Å²) < 4.78 is 5.33. The third kappa shape index (κ3) is 2.86. The Kier molecular flexibility index (Phi) is 5.23. The molecular weight excluding hydrogens is 198 g/mol. The van der Waals surface area contributed by atoms with E-state index in [1.807, 2.05) is 11.8 Å². The first kappa shape index (κ1) is 12.3. The van der Waals surface area contributed by atoms with Crippen LogP contribution >= 0.6 is 11.8 Å². The number of aliphatic hydroxyl groups excluding tert-OH is 1. The summed E-state index contributed by atoms with van der Waals surface area (Å²) in [5.41, 5.74) is 5.57. The van der Waals surface area contributed by atoms with Crippen LogP contribution in [0, 0.1) is 5.41 Å². The zero-order chi connectivity index (χ0) is 10.4. The predicted molar refractivity (Wildman–Crippen MR) is 60.5 cm³/mol. The summed E-state index contributed by atoms with van der Waals surface area (Å²) in [6.45, 7) is 4.04. The molecule has 0 aliphatic carbocycles. The largest absolute Gasteiger partial charge is 0.392 e. The number of ether oxygens (including phenoxy) is 1. The summed E-state index contributed by atoms with van der Waals surface area (Å²) in [5, 5.41) is 10.1. The minimum atomic E-state index is -0.297. The second-order valence-corrected chi connectivity index (χ2v) is 5.26. The van der Waals surface area contributed by atoms with E-state index >= 15 is 0 Å². The van der Waals surface area contributed by atoms with E-state index in [-0.39, 0.29) is 11.5 Å². The molecule has 0 bridgehead atoms. The van der Waals surface area contributed by atoms with E-state index in [4.69, 9.17) is 10.5 Å². The Morgan fingerprint density at radius 3 is 2.93 bits per heavy atom. The molecule has 3 N–H and O–H groups in total. The molecule has 1 heterocycles. The number of rotatable bonds is 6. The molecule has 4 heteroatoms. The molecule has 0 aromatic rings. The molecule has 1 aliphatic rings. The first-order valence-electron chi connectivity index (χ1n) is 5.29. The van der Waals surface area contributed by atoms with Crippen LogP contribution in [0.5, 0.6) is 0 Å². The van der Waals surface area contributed by atoms with Crippen molar-refractivity contribution in [3.05, 3.63) is 0 Å². The van der Waals surface area contributed by atoms with Gasteiger partial charge in [0.15, 0.2) is 0 Å². The highest BCUT2D eigenvalue weighted by Gasteiger charge is 2.39. The quantitative estimate of drug-likeness (QED) is 0.651. The minimum Gasteiger partial charge on any atom is -0.392 e. The lowest BCUT2D eigenvalue weighted by atomic mass is 9.80. The molecule has 0 aromatic heterocycles. The zero-order valence-electron chi connectivity index (χ0n) is 8.87. The fraction of sp³-hybridized carbons (Fsp3) is 1.00. The van der Waals surface area contributed by atoms with Crippen LogP contribution in [0.1, 0.15) is 19.8 Å². The van der Waals surface area contributed by atoms with Gasteiger partial charge in [0.2, 0.25) is 0 Å². The maximum Gasteiger partial charge on any atom is 0.0639 e. The molecule has 0 aromatic carbocycles. The van der Waals surface area contributed by atoms with Gasteiger partial charge in [-0.3, -0.25) is 0 Å². The maximum absolute atomic E-state index is 10.1. The average Bonchev–Trinajstić information content (AvgIpc) is 2.67. The van der Waals surface area contributed by atoms with Gasteiger partial charge in [0.25, 0.3) is 0 Å². The van der Waals surface area contributed by atoms with Crippen molar-refractivity contribution in [3.8, 4) is 0 Å². The number of aliphatic hydroxyl groups is 1. The van der Waals surface area contributed by atoms with Crippen molar-refractivity contribution >= 4 is 11.8 Å². The molecule has 0 saturated carbocycles. The normalized spacial score (nSPS) is 29.4. The van der Waals surface area contributed by atoms with Gasteiger partial charge in [-0.1, -0.05) is 6.92 Å². The smallest absolute Gasteiger partial charge is 0.0639 e. The van der Waals surface area contributed by atoms with Crippen molar-refractivity contribution in [2.45, 2.75) is 25.9 Å². The fourth-order valence-corrected chi connectivity index (χ4v) is 2.51. The van der Waals surface area contributed by atoms with Crippen molar-refractivity contribution in [2.75, 3.05) is 31.3 Å². The van der Waals surface area contributed by atoms with Gasteiger partial charge in [-0.2, -0.15) is 11.8 Å². The summed E-state index contributed by atoms with van der Waals surface area (Å²) >= 11 is 1.86. The molecule has 0 radical (unpaired) electrons. The van der Waals surface area contributed by atoms with Gasteiger partial charge in [0.05, 0.1) is 12.7 Å². The van der Waals surface area contributed by atoms with Crippen LogP contribution in [-0.2, 0) is 4.74 Å². The van der Waals surface area contributed by atoms with E-state index in [9.17, 15) is 5.11 Å². The lowest BCUT2D eigenvalue weighted by Gasteiger charge is -2.31. The van der Waals surface area contributed by atoms with Gasteiger partial charge in [0.1, 0.15) is 0 Å². The minimum absolute atomic E-state index is 0.158. The third-order valence-electron chi connectivity index (χ3n) is 2.99. The summed E-state index contributed by atoms with van der Waals surface area (Å²) in [4.78, 5) is 0. The first-order chi connectivity index (χ1) is 6.75. The second kappa shape index (κ2) is 5.95. The Labute approximate surface area is 90.4 Å². The highest BCUT2D eigenvalue weighted by atomic mass is 32.2. The Morgan fingerprint density at radius 2 is 2.43 bits per heavy atom. The standard InChI is InChI=1S/C10H21NO2S/c1-2-14-6-3-9(12)10(7-11)4-5-13-8-10/h9,12H,2-8,11H2,1H3. The van der Waals surface area contributed by atoms with Crippen LogP contribution in [0.2, 0.25) is 0 Å². The molecule has 1 aliphatic heterocycles. The van der Waals surface area contributed by atoms with Crippen molar-refractivity contribution in [1.29, 1.82) is 0 Å². The van der Waals surface area contributed by atoms with E-state index in [1.165, 1.54) is 0 Å². The topological polar surface area (TPSA) is 55.5 Å². The summed E-state index contributed by atoms with van der Waals surface area (Å²) in [6, 6.07) is 0. The molecule has 14 heavy (non-hydrogen) atoms. The van der Waals surface area contributed by atoms with E-state index < -0.39 is 0 Å². The highest BCUT2D eigenvalue weighted by Crippen LogP contribution is 2.33. The van der Waals surface area contributed by atoms with Gasteiger partial charge in [-0.05, 0) is 24.3 Å². The molecule has 1 saturated heterocycles. The highest BCUT2D eigenvalue weighted by molar-refractivity contribution is 7.99. The second-order valence-electron chi connectivity index (χ2n) is 3.87. The fourth-order valence-electron chi connectivity index (χ4n) is 1.83. The molecule has 1 rings (SSSR count). The van der Waals surface area contributed by atoms with Gasteiger partial charge in [0, 0.05) is 18.6 Å². The molecular formula is C10H21NO2S. The molecule has 2 unspecified atom stereocenters. The zero-order valence-corrected chi connectivity index (χ0v) is 9.68. The van der Waals surface area contributed by atoms with Crippen LogP contribution in [0.3, 0.4) is 0 Å². The summed E-state index contributed by atoms with van der Waals surface area (Å²) in [5.74, 6) is 2.12. The van der Waals surface area contributed by atoms with Crippen LogP contribution in [0.4, 0.5) is 0 Å². The van der Waals surface area contributed by atoms with E-state index in [1.54, 1.807) is 0 Å². The summed E-state index contributed by atoms with van der Waals surface area (Å²) in [7, 11) is 0. The van der Waals surface area contributed by atoms with Crippen molar-refractivity contribution < 1.29 is 9.84 Å². The molecule has 0 amide bonds. The molecule has 3 nitrogen and oxygen atoms in total. The van der Waals surface area contributed by atoms with E-state index in [2.05, 4.69) is 6.92 Å². The third-order valence-corrected chi connectivity index (χ3v) is 3.92. The number of thioether (sulfide) groups is 1. The lowest BCUT2D eigenvalue weighted by Crippen LogP contribution is -2.42. The number of hydrogen-bond acceptors (Lipinski definition) is 4. The van der Waals surface area contributed by atoms with Crippen LogP contribution in [-0.4, -0.2) is 42.5 Å². The Hall–Kier alpha value is 0.230. The van der Waals surface area contributed by atoms with Crippen molar-refractivity contribution in [3.63, 3.8) is 0 Å². The van der Waals surface area contributed by atoms with Crippen molar-refractivity contribution in [1.82, 2.24) is 0 Å². The number of hydrogen-bond donors (Lipinski definition) is 2. The van der Waals surface area contributed by atoms with E-state index in [0.717, 1.165) is 31.0 Å². The Bertz CT molecular complexity index is 160. The van der Waals surface area contributed by atoms with Crippen LogP contribution in [0.25, 0.3) is 0 Å². The monoisotopic (exact) mass is 219 g/mol. The molecule has 84 valence electrons. The van der Waals surface area contributed by atoms with Crippen LogP contribution < -0.4 is 5.73 Å². The maximum atomic E-state index is 10.1. The Balaban J connectivity index is 2.35. The SMILES string of the molecule is CCSCCC(O)C1(CN)CCOC1. The lowest BCUT2D eigenvalue weighted by molar-refractivity contribution is 0.0190. The predicted octanol–water partition coefficient (Wildman–Crippen LogP) is 0.856. The van der Waals surface area contributed by atoms with Gasteiger partial charge < -0.3 is 15.6 Å². The van der Waals surface area contributed by atoms with E-state index in [0.29, 0.717) is 13.2 Å². The van der Waals surface area contributed by atoms with Gasteiger partial charge in [-0.15, -0.1) is 0 Å². The Morgan fingerprint density at radius 1 is 1.64 bits per heavy atom. The van der Waals surface area contributed by atoms with Crippen molar-refractivity contribution in [2.24, 2.45) is 11.1 Å². The van der Waals surface area contributed by atoms with Crippen LogP contribution in [0.15, 0.2) is 0 Å². The molecule has 0 spiro atoms. The molecule has 2 atom stereocenters. The summed E-state index contributed by atoms with van der Waals surface area (Å²) in [6.07, 6.45) is 1.44. The van der Waals surface area contributed by atoms with Gasteiger partial charge >= 0.3 is 0 Å². The molecule has 1 fully saturated rings. The number of nitrogens with two attached hydrogens (primary N) is 1. The first-order valence-corrected chi connectivity index (χ1v) is 6.44. The van der Waals surface area contributed by atoms with Gasteiger partial charge in [-0.25, -0.2) is 0 Å². The average molecular weight is 219 g/mol.